The SMILES string of the molecule is CC(C)(C)[Si](C)(C)C#C/C(=C\c1ccccc1)CNC(=O)c1ccccc1. The molecule has 0 saturated heterocycles. The van der Waals surface area contributed by atoms with E-state index < -0.39 is 8.07 Å². The molecule has 0 aromatic heterocycles. The molecular formula is C24H29NOSi. The van der Waals surface area contributed by atoms with E-state index in [2.05, 4.69) is 56.7 Å². The zero-order valence-electron chi connectivity index (χ0n) is 17.0. The molecule has 0 aliphatic rings. The van der Waals surface area contributed by atoms with Crippen molar-refractivity contribution < 1.29 is 4.79 Å². The van der Waals surface area contributed by atoms with Gasteiger partial charge in [-0.25, -0.2) is 0 Å². The molecule has 0 fully saturated rings. The van der Waals surface area contributed by atoms with Crippen molar-refractivity contribution in [2.75, 3.05) is 6.54 Å². The summed E-state index contributed by atoms with van der Waals surface area (Å²) in [4.78, 5) is 12.4. The van der Waals surface area contributed by atoms with Crippen LogP contribution in [0.4, 0.5) is 0 Å². The Morgan fingerprint density at radius 3 is 2.11 bits per heavy atom. The zero-order valence-corrected chi connectivity index (χ0v) is 18.0. The van der Waals surface area contributed by atoms with Crippen LogP contribution in [0.15, 0.2) is 66.2 Å². The van der Waals surface area contributed by atoms with Gasteiger partial charge in [0.05, 0.1) is 6.54 Å². The third kappa shape index (κ3) is 6.27. The molecule has 2 aromatic rings. The van der Waals surface area contributed by atoms with Crippen LogP contribution < -0.4 is 5.32 Å². The van der Waals surface area contributed by atoms with E-state index in [9.17, 15) is 4.79 Å². The summed E-state index contributed by atoms with van der Waals surface area (Å²) in [5.41, 5.74) is 6.23. The summed E-state index contributed by atoms with van der Waals surface area (Å²) in [6.45, 7) is 11.8. The lowest BCUT2D eigenvalue weighted by molar-refractivity contribution is 0.0957. The third-order valence-electron chi connectivity index (χ3n) is 5.03. The monoisotopic (exact) mass is 375 g/mol. The molecule has 0 aliphatic heterocycles. The molecule has 1 N–H and O–H groups in total. The second kappa shape index (κ2) is 8.88. The highest BCUT2D eigenvalue weighted by Crippen LogP contribution is 2.35. The molecule has 27 heavy (non-hydrogen) atoms. The van der Waals surface area contributed by atoms with Crippen molar-refractivity contribution in [2.24, 2.45) is 0 Å². The van der Waals surface area contributed by atoms with Crippen molar-refractivity contribution in [3.63, 3.8) is 0 Å². The van der Waals surface area contributed by atoms with E-state index in [1.54, 1.807) is 0 Å². The third-order valence-corrected chi connectivity index (χ3v) is 9.53. The molecular weight excluding hydrogens is 346 g/mol. The maximum absolute atomic E-state index is 12.4. The molecule has 140 valence electrons. The van der Waals surface area contributed by atoms with Gasteiger partial charge in [-0.15, -0.1) is 5.54 Å². The van der Waals surface area contributed by atoms with E-state index in [1.807, 2.05) is 60.7 Å². The van der Waals surface area contributed by atoms with Crippen LogP contribution in [-0.2, 0) is 0 Å². The van der Waals surface area contributed by atoms with Crippen molar-refractivity contribution in [1.82, 2.24) is 5.32 Å². The average Bonchev–Trinajstić information content (AvgIpc) is 2.64. The van der Waals surface area contributed by atoms with Gasteiger partial charge >= 0.3 is 0 Å². The smallest absolute Gasteiger partial charge is 0.251 e. The number of nitrogens with one attached hydrogen (secondary N) is 1. The molecule has 0 spiro atoms. The molecule has 0 atom stereocenters. The predicted octanol–water partition coefficient (Wildman–Crippen LogP) is 5.55. The number of hydrogen-bond donors (Lipinski definition) is 1. The normalized spacial score (nSPS) is 12.1. The molecule has 2 aromatic carbocycles. The first kappa shape index (κ1) is 20.7. The van der Waals surface area contributed by atoms with Crippen LogP contribution in [0.5, 0.6) is 0 Å². The summed E-state index contributed by atoms with van der Waals surface area (Å²) in [6, 6.07) is 19.4. The maximum Gasteiger partial charge on any atom is 0.251 e. The Labute approximate surface area is 164 Å². The van der Waals surface area contributed by atoms with Crippen LogP contribution in [0.25, 0.3) is 6.08 Å². The Hall–Kier alpha value is -2.57. The van der Waals surface area contributed by atoms with Gasteiger partial charge in [0.1, 0.15) is 8.07 Å². The van der Waals surface area contributed by atoms with E-state index in [4.69, 9.17) is 0 Å². The first-order valence-corrected chi connectivity index (χ1v) is 12.3. The molecule has 0 heterocycles. The number of rotatable bonds is 4. The number of carbonyl (C=O) groups is 1. The van der Waals surface area contributed by atoms with Gasteiger partial charge in [-0.3, -0.25) is 4.79 Å². The molecule has 1 amide bonds. The number of hydrogen-bond acceptors (Lipinski definition) is 1. The lowest BCUT2D eigenvalue weighted by Crippen LogP contribution is -2.35. The molecule has 0 radical (unpaired) electrons. The zero-order chi connectivity index (χ0) is 19.9. The summed E-state index contributed by atoms with van der Waals surface area (Å²) < 4.78 is 0. The van der Waals surface area contributed by atoms with Crippen molar-refractivity contribution in [1.29, 1.82) is 0 Å². The fraction of sp³-hybridized carbons (Fsp3) is 0.292. The summed E-state index contributed by atoms with van der Waals surface area (Å²) in [5.74, 6) is 3.30. The van der Waals surface area contributed by atoms with Gasteiger partial charge < -0.3 is 5.32 Å². The van der Waals surface area contributed by atoms with Gasteiger partial charge in [0.25, 0.3) is 5.91 Å². The van der Waals surface area contributed by atoms with Gasteiger partial charge in [0.2, 0.25) is 0 Å². The van der Waals surface area contributed by atoms with Crippen molar-refractivity contribution in [2.45, 2.75) is 38.9 Å². The Kier molecular flexibility index (Phi) is 6.82. The van der Waals surface area contributed by atoms with E-state index in [-0.39, 0.29) is 10.9 Å². The fourth-order valence-electron chi connectivity index (χ4n) is 2.17. The van der Waals surface area contributed by atoms with Crippen molar-refractivity contribution in [3.8, 4) is 11.5 Å². The average molecular weight is 376 g/mol. The lowest BCUT2D eigenvalue weighted by Gasteiger charge is -2.31. The van der Waals surface area contributed by atoms with Crippen LogP contribution in [0.2, 0.25) is 18.1 Å². The van der Waals surface area contributed by atoms with Gasteiger partial charge in [-0.05, 0) is 28.8 Å². The highest BCUT2D eigenvalue weighted by Gasteiger charge is 2.33. The molecule has 2 nitrogen and oxygen atoms in total. The Morgan fingerprint density at radius 1 is 1.00 bits per heavy atom. The summed E-state index contributed by atoms with van der Waals surface area (Å²) in [7, 11) is -1.72. The Bertz CT molecular complexity index is 850. The van der Waals surface area contributed by atoms with Gasteiger partial charge in [-0.1, -0.05) is 88.3 Å². The van der Waals surface area contributed by atoms with Crippen molar-refractivity contribution in [3.05, 3.63) is 77.4 Å². The van der Waals surface area contributed by atoms with E-state index in [0.717, 1.165) is 11.1 Å². The summed E-state index contributed by atoms with van der Waals surface area (Å²) >= 11 is 0. The quantitative estimate of drug-likeness (QED) is 0.551. The molecule has 0 unspecified atom stereocenters. The Morgan fingerprint density at radius 2 is 1.56 bits per heavy atom. The molecule has 3 heteroatoms. The Balaban J connectivity index is 2.24. The predicted molar refractivity (Wildman–Crippen MR) is 118 cm³/mol. The minimum Gasteiger partial charge on any atom is -0.347 e. The summed E-state index contributed by atoms with van der Waals surface area (Å²) in [5, 5.41) is 3.20. The number of amides is 1. The highest BCUT2D eigenvalue weighted by atomic mass is 28.3. The van der Waals surface area contributed by atoms with Crippen LogP contribution in [0.1, 0.15) is 36.7 Å². The largest absolute Gasteiger partial charge is 0.347 e. The van der Waals surface area contributed by atoms with Crippen molar-refractivity contribution >= 4 is 20.1 Å². The van der Waals surface area contributed by atoms with E-state index >= 15 is 0 Å². The molecule has 0 saturated carbocycles. The van der Waals surface area contributed by atoms with E-state index in [0.29, 0.717) is 12.1 Å². The second-order valence-corrected chi connectivity index (χ2v) is 13.3. The van der Waals surface area contributed by atoms with Gasteiger partial charge in [0, 0.05) is 11.1 Å². The van der Waals surface area contributed by atoms with Crippen LogP contribution >= 0.6 is 0 Å². The molecule has 0 aliphatic carbocycles. The first-order chi connectivity index (χ1) is 12.7. The minimum atomic E-state index is -1.72. The fourth-order valence-corrected chi connectivity index (χ4v) is 3.02. The minimum absolute atomic E-state index is 0.0799. The number of carbonyl (C=O) groups excluding carboxylic acids is 1. The van der Waals surface area contributed by atoms with Gasteiger partial charge in [-0.2, -0.15) is 0 Å². The van der Waals surface area contributed by atoms with Crippen LogP contribution in [0, 0.1) is 11.5 Å². The topological polar surface area (TPSA) is 29.1 Å². The highest BCUT2D eigenvalue weighted by molar-refractivity contribution is 6.87. The molecule has 2 rings (SSSR count). The maximum atomic E-state index is 12.4. The summed E-state index contributed by atoms with van der Waals surface area (Å²) in [6.07, 6.45) is 2.06. The van der Waals surface area contributed by atoms with Crippen LogP contribution in [0.3, 0.4) is 0 Å². The van der Waals surface area contributed by atoms with Gasteiger partial charge in [0.15, 0.2) is 0 Å². The number of benzene rings is 2. The molecule has 0 bridgehead atoms. The van der Waals surface area contributed by atoms with E-state index in [1.165, 1.54) is 0 Å². The lowest BCUT2D eigenvalue weighted by atomic mass is 10.1. The van der Waals surface area contributed by atoms with Crippen LogP contribution in [-0.4, -0.2) is 20.5 Å². The standard InChI is InChI=1S/C24H29NOSi/c1-24(2,3)27(4,5)17-16-21(18-20-12-8-6-9-13-20)19-25-23(26)22-14-10-7-11-15-22/h6-15,18H,19H2,1-5H3,(H,25,26)/b21-18+. The first-order valence-electron chi connectivity index (χ1n) is 9.31. The second-order valence-electron chi connectivity index (χ2n) is 8.25.